The van der Waals surface area contributed by atoms with Gasteiger partial charge in [-0.05, 0) is 55.5 Å². The molecule has 0 saturated carbocycles. The van der Waals surface area contributed by atoms with Gasteiger partial charge >= 0.3 is 0 Å². The van der Waals surface area contributed by atoms with Crippen molar-refractivity contribution in [3.05, 3.63) is 88.8 Å². The number of carbonyl (C=O) groups excluding carboxylic acids is 1. The van der Waals surface area contributed by atoms with Crippen LogP contribution in [0.25, 0.3) is 6.08 Å². The SMILES string of the molecule is COc1ccc(OCCOc2ccc(C)cc2)c(/C=C2\SC(=S)N(c3ccccc3)C2=O)c1. The van der Waals surface area contributed by atoms with E-state index in [2.05, 4.69) is 0 Å². The standard InChI is InChI=1S/C26H23NO4S2/c1-18-8-10-21(11-9-18)30-14-15-31-23-13-12-22(29-2)16-19(23)17-24-25(28)27(26(32)33-24)20-6-4-3-5-7-20/h3-13,16-17H,14-15H2,1-2H3/b24-17-. The van der Waals surface area contributed by atoms with Crippen molar-refractivity contribution in [3.63, 3.8) is 0 Å². The molecule has 1 amide bonds. The van der Waals surface area contributed by atoms with Crippen LogP contribution in [0.5, 0.6) is 17.2 Å². The molecule has 0 spiro atoms. The molecule has 5 nitrogen and oxygen atoms in total. The second-order valence-corrected chi connectivity index (χ2v) is 8.94. The number of rotatable bonds is 8. The van der Waals surface area contributed by atoms with Crippen LogP contribution in [0.2, 0.25) is 0 Å². The Balaban J connectivity index is 1.49. The highest BCUT2D eigenvalue weighted by Gasteiger charge is 2.33. The van der Waals surface area contributed by atoms with Crippen LogP contribution in [0, 0.1) is 6.92 Å². The van der Waals surface area contributed by atoms with Crippen molar-refractivity contribution in [1.29, 1.82) is 0 Å². The Morgan fingerprint density at radius 2 is 1.64 bits per heavy atom. The van der Waals surface area contributed by atoms with Crippen LogP contribution in [0.15, 0.2) is 77.7 Å². The minimum Gasteiger partial charge on any atom is -0.497 e. The Bertz CT molecular complexity index is 1180. The van der Waals surface area contributed by atoms with Gasteiger partial charge in [-0.2, -0.15) is 0 Å². The van der Waals surface area contributed by atoms with Gasteiger partial charge < -0.3 is 14.2 Å². The minimum absolute atomic E-state index is 0.160. The van der Waals surface area contributed by atoms with Gasteiger partial charge in [0.15, 0.2) is 4.32 Å². The van der Waals surface area contributed by atoms with E-state index in [4.69, 9.17) is 26.4 Å². The summed E-state index contributed by atoms with van der Waals surface area (Å²) in [6.07, 6.45) is 1.79. The third-order valence-corrected chi connectivity index (χ3v) is 6.24. The van der Waals surface area contributed by atoms with E-state index in [9.17, 15) is 4.79 Å². The zero-order valence-electron chi connectivity index (χ0n) is 18.3. The van der Waals surface area contributed by atoms with Crippen molar-refractivity contribution >= 4 is 46.0 Å². The van der Waals surface area contributed by atoms with Gasteiger partial charge in [0.2, 0.25) is 0 Å². The maximum Gasteiger partial charge on any atom is 0.270 e. The van der Waals surface area contributed by atoms with Crippen molar-refractivity contribution in [2.75, 3.05) is 25.2 Å². The Morgan fingerprint density at radius 3 is 2.36 bits per heavy atom. The fraction of sp³-hybridized carbons (Fsp3) is 0.154. The predicted molar refractivity (Wildman–Crippen MR) is 137 cm³/mol. The zero-order valence-corrected chi connectivity index (χ0v) is 19.9. The van der Waals surface area contributed by atoms with Gasteiger partial charge in [-0.3, -0.25) is 9.69 Å². The lowest BCUT2D eigenvalue weighted by Gasteiger charge is -2.14. The number of hydrogen-bond donors (Lipinski definition) is 0. The van der Waals surface area contributed by atoms with E-state index in [0.29, 0.717) is 33.9 Å². The average Bonchev–Trinajstić information content (AvgIpc) is 3.11. The van der Waals surface area contributed by atoms with Crippen LogP contribution in [0.1, 0.15) is 11.1 Å². The molecule has 0 atom stereocenters. The third-order valence-electron chi connectivity index (χ3n) is 4.94. The fourth-order valence-electron chi connectivity index (χ4n) is 3.25. The van der Waals surface area contributed by atoms with Crippen molar-refractivity contribution in [2.24, 2.45) is 0 Å². The first-order valence-corrected chi connectivity index (χ1v) is 11.6. The molecule has 1 saturated heterocycles. The molecular formula is C26H23NO4S2. The summed E-state index contributed by atoms with van der Waals surface area (Å²) in [5, 5.41) is 0. The topological polar surface area (TPSA) is 48.0 Å². The summed E-state index contributed by atoms with van der Waals surface area (Å²) >= 11 is 6.74. The van der Waals surface area contributed by atoms with Gasteiger partial charge in [-0.15, -0.1) is 0 Å². The van der Waals surface area contributed by atoms with Gasteiger partial charge in [0.1, 0.15) is 30.5 Å². The van der Waals surface area contributed by atoms with Gasteiger partial charge in [-0.25, -0.2) is 0 Å². The molecule has 3 aromatic carbocycles. The molecule has 1 fully saturated rings. The fourth-order valence-corrected chi connectivity index (χ4v) is 4.54. The first-order valence-electron chi connectivity index (χ1n) is 10.4. The molecule has 3 aromatic rings. The van der Waals surface area contributed by atoms with Crippen LogP contribution in [-0.2, 0) is 4.79 Å². The summed E-state index contributed by atoms with van der Waals surface area (Å²) < 4.78 is 17.6. The molecule has 0 aromatic heterocycles. The van der Waals surface area contributed by atoms with Crippen molar-refractivity contribution < 1.29 is 19.0 Å². The molecule has 0 aliphatic carbocycles. The molecule has 7 heteroatoms. The average molecular weight is 478 g/mol. The number of benzene rings is 3. The van der Waals surface area contributed by atoms with E-state index in [1.807, 2.05) is 79.7 Å². The number of nitrogens with zero attached hydrogens (tertiary/aromatic N) is 1. The monoisotopic (exact) mass is 477 g/mol. The minimum atomic E-state index is -0.160. The Morgan fingerprint density at radius 1 is 0.939 bits per heavy atom. The third kappa shape index (κ3) is 5.56. The summed E-state index contributed by atoms with van der Waals surface area (Å²) in [5.74, 6) is 1.94. The van der Waals surface area contributed by atoms with E-state index < -0.39 is 0 Å². The molecule has 1 aliphatic rings. The molecule has 0 unspecified atom stereocenters. The quantitative estimate of drug-likeness (QED) is 0.230. The highest BCUT2D eigenvalue weighted by Crippen LogP contribution is 2.37. The summed E-state index contributed by atoms with van der Waals surface area (Å²) in [6, 6.07) is 22.7. The zero-order chi connectivity index (χ0) is 23.2. The first-order chi connectivity index (χ1) is 16.0. The molecular weight excluding hydrogens is 454 g/mol. The van der Waals surface area contributed by atoms with Crippen LogP contribution in [-0.4, -0.2) is 30.6 Å². The van der Waals surface area contributed by atoms with Crippen molar-refractivity contribution in [3.8, 4) is 17.2 Å². The smallest absolute Gasteiger partial charge is 0.270 e. The molecule has 4 rings (SSSR count). The van der Waals surface area contributed by atoms with Crippen LogP contribution in [0.3, 0.4) is 0 Å². The van der Waals surface area contributed by atoms with Gasteiger partial charge in [0, 0.05) is 5.56 Å². The Kier molecular flexibility index (Phi) is 7.32. The predicted octanol–water partition coefficient (Wildman–Crippen LogP) is 5.87. The highest BCUT2D eigenvalue weighted by molar-refractivity contribution is 8.27. The number of anilines is 1. The molecule has 168 valence electrons. The Hall–Kier alpha value is -3.29. The lowest BCUT2D eigenvalue weighted by molar-refractivity contribution is -0.113. The lowest BCUT2D eigenvalue weighted by Crippen LogP contribution is -2.27. The number of thioether (sulfide) groups is 1. The van der Waals surface area contributed by atoms with Gasteiger partial charge in [0.05, 0.1) is 17.7 Å². The molecule has 0 radical (unpaired) electrons. The number of ether oxygens (including phenoxy) is 3. The number of amides is 1. The van der Waals surface area contributed by atoms with Crippen LogP contribution >= 0.6 is 24.0 Å². The number of para-hydroxylation sites is 1. The molecule has 1 aliphatic heterocycles. The van der Waals surface area contributed by atoms with Gasteiger partial charge in [0.25, 0.3) is 5.91 Å². The maximum atomic E-state index is 13.1. The van der Waals surface area contributed by atoms with Crippen LogP contribution in [0.4, 0.5) is 5.69 Å². The number of methoxy groups -OCH3 is 1. The number of carbonyl (C=O) groups is 1. The molecule has 0 N–H and O–H groups in total. The summed E-state index contributed by atoms with van der Waals surface area (Å²) in [5.41, 5.74) is 2.66. The summed E-state index contributed by atoms with van der Waals surface area (Å²) in [7, 11) is 1.60. The number of hydrogen-bond acceptors (Lipinski definition) is 6. The van der Waals surface area contributed by atoms with E-state index in [0.717, 1.165) is 17.0 Å². The first kappa shape index (κ1) is 22.9. The number of thiocarbonyl (C=S) groups is 1. The highest BCUT2D eigenvalue weighted by atomic mass is 32.2. The molecule has 0 bridgehead atoms. The van der Waals surface area contributed by atoms with E-state index in [1.54, 1.807) is 18.1 Å². The summed E-state index contributed by atoms with van der Waals surface area (Å²) in [6.45, 7) is 2.78. The number of aryl methyl sites for hydroxylation is 1. The second-order valence-electron chi connectivity index (χ2n) is 7.27. The van der Waals surface area contributed by atoms with E-state index in [-0.39, 0.29) is 5.91 Å². The van der Waals surface area contributed by atoms with Gasteiger partial charge in [-0.1, -0.05) is 59.9 Å². The maximum absolute atomic E-state index is 13.1. The van der Waals surface area contributed by atoms with E-state index in [1.165, 1.54) is 17.3 Å². The Labute approximate surface area is 203 Å². The second kappa shape index (κ2) is 10.6. The lowest BCUT2D eigenvalue weighted by atomic mass is 10.1. The summed E-state index contributed by atoms with van der Waals surface area (Å²) in [4.78, 5) is 15.2. The van der Waals surface area contributed by atoms with Crippen molar-refractivity contribution in [2.45, 2.75) is 6.92 Å². The molecule has 33 heavy (non-hydrogen) atoms. The normalized spacial score (nSPS) is 14.6. The van der Waals surface area contributed by atoms with Crippen molar-refractivity contribution in [1.82, 2.24) is 0 Å². The molecule has 1 heterocycles. The largest absolute Gasteiger partial charge is 0.497 e. The van der Waals surface area contributed by atoms with Crippen LogP contribution < -0.4 is 19.1 Å². The van der Waals surface area contributed by atoms with E-state index >= 15 is 0 Å².